The molecule has 0 fully saturated rings. The lowest BCUT2D eigenvalue weighted by atomic mass is 10.1. The van der Waals surface area contributed by atoms with Gasteiger partial charge in [-0.3, -0.25) is 4.79 Å². The number of nitrogens with zero attached hydrogens (tertiary/aromatic N) is 1. The molecule has 0 saturated heterocycles. The Labute approximate surface area is 135 Å². The minimum Gasteiger partial charge on any atom is -0.494 e. The van der Waals surface area contributed by atoms with Crippen molar-refractivity contribution in [2.24, 2.45) is 5.92 Å². The number of nitrogens with one attached hydrogen (secondary N) is 1. The Kier molecular flexibility index (Phi) is 4.97. The molecule has 6 heteroatoms. The lowest BCUT2D eigenvalue weighted by Crippen LogP contribution is -2.17. The van der Waals surface area contributed by atoms with Crippen LogP contribution in [0.5, 0.6) is 5.75 Å². The fraction of sp³-hybridized carbons (Fsp3) is 0.333. The molecular weight excluding hydrogens is 386 g/mol. The van der Waals surface area contributed by atoms with Gasteiger partial charge in [-0.1, -0.05) is 13.8 Å². The molecule has 0 spiro atoms. The lowest BCUT2D eigenvalue weighted by molar-refractivity contribution is 0.386. The van der Waals surface area contributed by atoms with Gasteiger partial charge in [0.1, 0.15) is 5.82 Å². The highest BCUT2D eigenvalue weighted by Crippen LogP contribution is 2.24. The van der Waals surface area contributed by atoms with Gasteiger partial charge in [-0.25, -0.2) is 9.37 Å². The van der Waals surface area contributed by atoms with Crippen molar-refractivity contribution in [3.8, 4) is 17.1 Å². The number of H-pyrrole nitrogens is 1. The number of benzene rings is 1. The van der Waals surface area contributed by atoms with Gasteiger partial charge in [0.25, 0.3) is 5.56 Å². The fourth-order valence-electron chi connectivity index (χ4n) is 1.97. The zero-order chi connectivity index (χ0) is 15.6. The molecule has 0 aliphatic rings. The second kappa shape index (κ2) is 6.55. The van der Waals surface area contributed by atoms with Crippen molar-refractivity contribution in [3.63, 3.8) is 0 Å². The molecule has 2 rings (SSSR count). The smallest absolute Gasteiger partial charge is 0.264 e. The molecule has 1 aromatic heterocycles. The van der Waals surface area contributed by atoms with E-state index in [9.17, 15) is 9.18 Å². The topological polar surface area (TPSA) is 55.0 Å². The molecule has 1 N–H and O–H groups in total. The molecule has 4 nitrogen and oxygen atoms in total. The summed E-state index contributed by atoms with van der Waals surface area (Å²) in [5, 5.41) is 0. The summed E-state index contributed by atoms with van der Waals surface area (Å²) in [4.78, 5) is 19.3. The molecule has 0 aliphatic carbocycles. The summed E-state index contributed by atoms with van der Waals surface area (Å²) in [7, 11) is 1.40. The van der Waals surface area contributed by atoms with E-state index in [-0.39, 0.29) is 11.3 Å². The van der Waals surface area contributed by atoms with E-state index in [1.165, 1.54) is 19.2 Å². The van der Waals surface area contributed by atoms with E-state index in [1.807, 2.05) is 22.6 Å². The molecule has 0 unspecified atom stereocenters. The molecule has 0 radical (unpaired) electrons. The van der Waals surface area contributed by atoms with E-state index >= 15 is 0 Å². The van der Waals surface area contributed by atoms with E-state index in [1.54, 1.807) is 6.07 Å². The molecule has 21 heavy (non-hydrogen) atoms. The molecule has 0 atom stereocenters. The van der Waals surface area contributed by atoms with E-state index in [2.05, 4.69) is 23.8 Å². The molecule has 2 aromatic rings. The van der Waals surface area contributed by atoms with Crippen molar-refractivity contribution >= 4 is 22.6 Å². The average molecular weight is 402 g/mol. The quantitative estimate of drug-likeness (QED) is 0.798. The number of aromatic nitrogens is 2. The molecule has 112 valence electrons. The van der Waals surface area contributed by atoms with Gasteiger partial charge in [-0.05, 0) is 53.1 Å². The summed E-state index contributed by atoms with van der Waals surface area (Å²) in [6.45, 7) is 4.14. The number of ether oxygens (including phenoxy) is 1. The fourth-order valence-corrected chi connectivity index (χ4v) is 2.45. The van der Waals surface area contributed by atoms with Crippen LogP contribution >= 0.6 is 22.6 Å². The van der Waals surface area contributed by atoms with Gasteiger partial charge in [0.05, 0.1) is 16.4 Å². The van der Waals surface area contributed by atoms with Crippen LogP contribution in [0.1, 0.15) is 19.5 Å². The maximum Gasteiger partial charge on any atom is 0.264 e. The van der Waals surface area contributed by atoms with Crippen LogP contribution < -0.4 is 10.3 Å². The largest absolute Gasteiger partial charge is 0.494 e. The third-order valence-corrected chi connectivity index (χ3v) is 4.07. The molecule has 0 aliphatic heterocycles. The molecule has 0 bridgehead atoms. The Balaban J connectivity index is 2.54. The third kappa shape index (κ3) is 3.61. The second-order valence-electron chi connectivity index (χ2n) is 5.12. The Morgan fingerprint density at radius 3 is 2.76 bits per heavy atom. The van der Waals surface area contributed by atoms with Crippen LogP contribution in [-0.2, 0) is 6.42 Å². The summed E-state index contributed by atoms with van der Waals surface area (Å²) >= 11 is 2.00. The van der Waals surface area contributed by atoms with Crippen molar-refractivity contribution < 1.29 is 9.13 Å². The Morgan fingerprint density at radius 1 is 1.43 bits per heavy atom. The van der Waals surface area contributed by atoms with Crippen LogP contribution in [0.2, 0.25) is 0 Å². The Morgan fingerprint density at radius 2 is 2.14 bits per heavy atom. The SMILES string of the molecule is COc1cc(-c2nc(CC(C)C)c(I)c(=O)[nH]2)ccc1F. The van der Waals surface area contributed by atoms with E-state index in [0.717, 1.165) is 5.69 Å². The average Bonchev–Trinajstić information content (AvgIpc) is 2.43. The number of hydrogen-bond acceptors (Lipinski definition) is 3. The van der Waals surface area contributed by atoms with Gasteiger partial charge in [-0.15, -0.1) is 0 Å². The molecular formula is C15H16FIN2O2. The first-order valence-corrected chi connectivity index (χ1v) is 7.62. The number of rotatable bonds is 4. The van der Waals surface area contributed by atoms with Crippen molar-refractivity contribution in [2.45, 2.75) is 20.3 Å². The summed E-state index contributed by atoms with van der Waals surface area (Å²) in [6.07, 6.45) is 0.716. The van der Waals surface area contributed by atoms with Crippen LogP contribution in [-0.4, -0.2) is 17.1 Å². The predicted molar refractivity (Wildman–Crippen MR) is 88.1 cm³/mol. The van der Waals surface area contributed by atoms with Gasteiger partial charge in [0.15, 0.2) is 11.6 Å². The standard InChI is InChI=1S/C15H16FIN2O2/c1-8(2)6-11-13(17)15(20)19-14(18-11)9-4-5-10(16)12(7-9)21-3/h4-5,7-8H,6H2,1-3H3,(H,18,19,20). The van der Waals surface area contributed by atoms with Crippen molar-refractivity contribution in [1.29, 1.82) is 0 Å². The monoisotopic (exact) mass is 402 g/mol. The van der Waals surface area contributed by atoms with Crippen molar-refractivity contribution in [2.75, 3.05) is 7.11 Å². The van der Waals surface area contributed by atoms with Gasteiger partial charge < -0.3 is 9.72 Å². The van der Waals surface area contributed by atoms with Crippen molar-refractivity contribution in [1.82, 2.24) is 9.97 Å². The highest BCUT2D eigenvalue weighted by Gasteiger charge is 2.13. The Hall–Kier alpha value is -1.44. The maximum atomic E-state index is 13.5. The zero-order valence-corrected chi connectivity index (χ0v) is 14.2. The molecule has 1 heterocycles. The molecule has 1 aromatic carbocycles. The first kappa shape index (κ1) is 15.9. The summed E-state index contributed by atoms with van der Waals surface area (Å²) in [6, 6.07) is 4.40. The van der Waals surface area contributed by atoms with E-state index < -0.39 is 5.82 Å². The molecule has 0 amide bonds. The normalized spacial score (nSPS) is 11.0. The van der Waals surface area contributed by atoms with Crippen LogP contribution in [0.25, 0.3) is 11.4 Å². The third-order valence-electron chi connectivity index (χ3n) is 2.96. The lowest BCUT2D eigenvalue weighted by Gasteiger charge is -2.10. The summed E-state index contributed by atoms with van der Waals surface area (Å²) in [5.74, 6) is 0.494. The second-order valence-corrected chi connectivity index (χ2v) is 6.20. The van der Waals surface area contributed by atoms with E-state index in [4.69, 9.17) is 4.74 Å². The van der Waals surface area contributed by atoms with E-state index in [0.29, 0.717) is 27.3 Å². The summed E-state index contributed by atoms with van der Waals surface area (Å²) in [5.41, 5.74) is 1.19. The number of hydrogen-bond donors (Lipinski definition) is 1. The van der Waals surface area contributed by atoms with Gasteiger partial charge >= 0.3 is 0 Å². The first-order chi connectivity index (χ1) is 9.92. The minimum absolute atomic E-state index is 0.124. The number of halogens is 2. The first-order valence-electron chi connectivity index (χ1n) is 6.55. The van der Waals surface area contributed by atoms with Gasteiger partial charge in [0.2, 0.25) is 0 Å². The van der Waals surface area contributed by atoms with Crippen molar-refractivity contribution in [3.05, 3.63) is 43.6 Å². The van der Waals surface area contributed by atoms with Crippen LogP contribution in [0.4, 0.5) is 4.39 Å². The van der Waals surface area contributed by atoms with Gasteiger partial charge in [-0.2, -0.15) is 0 Å². The van der Waals surface area contributed by atoms with Gasteiger partial charge in [0, 0.05) is 5.56 Å². The maximum absolute atomic E-state index is 13.5. The Bertz CT molecular complexity index is 713. The highest BCUT2D eigenvalue weighted by atomic mass is 127. The van der Waals surface area contributed by atoms with Crippen LogP contribution in [0.3, 0.4) is 0 Å². The van der Waals surface area contributed by atoms with Crippen LogP contribution in [0.15, 0.2) is 23.0 Å². The number of aromatic amines is 1. The van der Waals surface area contributed by atoms with Crippen LogP contribution in [0, 0.1) is 15.3 Å². The minimum atomic E-state index is -0.448. The predicted octanol–water partition coefficient (Wildman–Crippen LogP) is 3.39. The molecule has 0 saturated carbocycles. The number of methoxy groups -OCH3 is 1. The highest BCUT2D eigenvalue weighted by molar-refractivity contribution is 14.1. The summed E-state index contributed by atoms with van der Waals surface area (Å²) < 4.78 is 19.0. The zero-order valence-electron chi connectivity index (χ0n) is 12.0.